The Morgan fingerprint density at radius 2 is 1.97 bits per heavy atom. The van der Waals surface area contributed by atoms with Gasteiger partial charge in [-0.2, -0.15) is 0 Å². The molecule has 0 aliphatic carbocycles. The molecule has 8 nitrogen and oxygen atoms in total. The van der Waals surface area contributed by atoms with Gasteiger partial charge < -0.3 is 30.2 Å². The summed E-state index contributed by atoms with van der Waals surface area (Å²) >= 11 is 11.9. The molecule has 186 valence electrons. The molecule has 10 heteroatoms. The van der Waals surface area contributed by atoms with Crippen LogP contribution < -0.4 is 25.4 Å². The second-order valence-electron chi connectivity index (χ2n) is 7.94. The zero-order chi connectivity index (χ0) is 25.7. The molecule has 0 unspecified atom stereocenters. The number of nitrogens with one attached hydrogen (secondary N) is 3. The largest absolute Gasteiger partial charge is 0.493 e. The van der Waals surface area contributed by atoms with Crippen molar-refractivity contribution in [2.45, 2.75) is 39.8 Å². The molecular formula is C25H28ClN3O5S. The number of aryl methyl sites for hydroxylation is 1. The highest BCUT2D eigenvalue weighted by atomic mass is 35.5. The highest BCUT2D eigenvalue weighted by Gasteiger charge is 2.32. The van der Waals surface area contributed by atoms with E-state index in [1.165, 1.54) is 7.11 Å². The third kappa shape index (κ3) is 6.23. The number of thiocarbonyl (C=S) groups is 1. The third-order valence-corrected chi connectivity index (χ3v) is 5.79. The summed E-state index contributed by atoms with van der Waals surface area (Å²) in [5.74, 6) is -0.326. The molecule has 0 aromatic heterocycles. The van der Waals surface area contributed by atoms with Gasteiger partial charge in [-0.25, -0.2) is 4.79 Å². The molecule has 1 amide bonds. The van der Waals surface area contributed by atoms with Gasteiger partial charge >= 0.3 is 5.97 Å². The Morgan fingerprint density at radius 3 is 2.63 bits per heavy atom. The van der Waals surface area contributed by atoms with E-state index in [0.717, 1.165) is 5.56 Å². The van der Waals surface area contributed by atoms with Crippen molar-refractivity contribution < 1.29 is 23.8 Å². The Labute approximate surface area is 215 Å². The van der Waals surface area contributed by atoms with Gasteiger partial charge in [-0.15, -0.1) is 0 Å². The number of carbonyl (C=O) groups excluding carboxylic acids is 2. The lowest BCUT2D eigenvalue weighted by atomic mass is 9.94. The van der Waals surface area contributed by atoms with Gasteiger partial charge in [-0.05, 0) is 75.3 Å². The quantitative estimate of drug-likeness (QED) is 0.350. The van der Waals surface area contributed by atoms with E-state index in [9.17, 15) is 9.59 Å². The minimum Gasteiger partial charge on any atom is -0.493 e. The number of hydrogen-bond donors (Lipinski definition) is 3. The van der Waals surface area contributed by atoms with Crippen molar-refractivity contribution in [1.29, 1.82) is 0 Å². The fourth-order valence-electron chi connectivity index (χ4n) is 3.67. The molecule has 3 rings (SSSR count). The maximum atomic E-state index is 13.3. The van der Waals surface area contributed by atoms with Gasteiger partial charge in [0.15, 0.2) is 22.7 Å². The number of anilines is 1. The highest BCUT2D eigenvalue weighted by Crippen LogP contribution is 2.40. The van der Waals surface area contributed by atoms with Crippen LogP contribution in [0.2, 0.25) is 5.02 Å². The van der Waals surface area contributed by atoms with Gasteiger partial charge in [-0.1, -0.05) is 23.7 Å². The molecule has 0 bridgehead atoms. The van der Waals surface area contributed by atoms with E-state index in [2.05, 4.69) is 16.0 Å². The van der Waals surface area contributed by atoms with Gasteiger partial charge in [0, 0.05) is 11.4 Å². The lowest BCUT2D eigenvalue weighted by molar-refractivity contribution is -0.150. The molecule has 2 aromatic rings. The predicted octanol–water partition coefficient (Wildman–Crippen LogP) is 4.42. The van der Waals surface area contributed by atoms with E-state index in [-0.39, 0.29) is 23.3 Å². The number of esters is 1. The molecule has 1 aliphatic rings. The minimum absolute atomic E-state index is 0.196. The van der Waals surface area contributed by atoms with Gasteiger partial charge in [0.1, 0.15) is 0 Å². The van der Waals surface area contributed by atoms with Crippen LogP contribution in [0, 0.1) is 6.92 Å². The molecule has 2 atom stereocenters. The molecule has 35 heavy (non-hydrogen) atoms. The first-order valence-corrected chi connectivity index (χ1v) is 11.8. The molecule has 1 aliphatic heterocycles. The van der Waals surface area contributed by atoms with Gasteiger partial charge in [-0.3, -0.25) is 4.79 Å². The summed E-state index contributed by atoms with van der Waals surface area (Å²) in [5.41, 5.74) is 3.37. The Kier molecular flexibility index (Phi) is 8.58. The fraction of sp³-hybridized carbons (Fsp3) is 0.320. The van der Waals surface area contributed by atoms with Crippen LogP contribution in [0.25, 0.3) is 0 Å². The molecule has 0 fully saturated rings. The van der Waals surface area contributed by atoms with Crippen LogP contribution in [0.5, 0.6) is 11.5 Å². The molecule has 0 spiro atoms. The molecular weight excluding hydrogens is 490 g/mol. The average Bonchev–Trinajstić information content (AvgIpc) is 2.79. The van der Waals surface area contributed by atoms with Crippen LogP contribution in [-0.4, -0.2) is 36.8 Å². The Morgan fingerprint density at radius 1 is 1.23 bits per heavy atom. The SMILES string of the molecule is CCOC(=O)[C@@H](C)Oc1c(Cl)cc([C@@H]2NC(=S)NC(C)=C2C(=O)Nc2cccc(C)c2)cc1OC. The molecule has 0 radical (unpaired) electrons. The van der Waals surface area contributed by atoms with E-state index in [4.69, 9.17) is 38.0 Å². The highest BCUT2D eigenvalue weighted by molar-refractivity contribution is 7.80. The lowest BCUT2D eigenvalue weighted by Gasteiger charge is -2.31. The maximum absolute atomic E-state index is 13.3. The minimum atomic E-state index is -0.894. The standard InChI is InChI=1S/C25H28ClN3O5S/c1-6-33-24(31)15(4)34-22-18(26)11-16(12-19(22)32-5)21-20(14(3)27-25(35)29-21)23(30)28-17-9-7-8-13(2)10-17/h7-12,15,21H,6H2,1-5H3,(H,28,30)(H2,27,29,35)/t15-,21+/m1/s1. The first kappa shape index (κ1) is 26.3. The van der Waals surface area contributed by atoms with Crippen LogP contribution in [0.3, 0.4) is 0 Å². The van der Waals surface area contributed by atoms with Crippen LogP contribution in [0.4, 0.5) is 5.69 Å². The number of halogens is 1. The summed E-state index contributed by atoms with van der Waals surface area (Å²) in [5, 5.41) is 9.66. The van der Waals surface area contributed by atoms with E-state index in [1.807, 2.05) is 31.2 Å². The average molecular weight is 518 g/mol. The van der Waals surface area contributed by atoms with Crippen molar-refractivity contribution in [3.8, 4) is 11.5 Å². The van der Waals surface area contributed by atoms with E-state index in [0.29, 0.717) is 33.4 Å². The van der Waals surface area contributed by atoms with E-state index in [1.54, 1.807) is 32.9 Å². The first-order chi connectivity index (χ1) is 16.6. The predicted molar refractivity (Wildman–Crippen MR) is 139 cm³/mol. The maximum Gasteiger partial charge on any atom is 0.347 e. The fourth-order valence-corrected chi connectivity index (χ4v) is 4.21. The number of benzene rings is 2. The molecule has 3 N–H and O–H groups in total. The zero-order valence-electron chi connectivity index (χ0n) is 20.2. The van der Waals surface area contributed by atoms with Crippen LogP contribution >= 0.6 is 23.8 Å². The summed E-state index contributed by atoms with van der Waals surface area (Å²) < 4.78 is 16.2. The summed E-state index contributed by atoms with van der Waals surface area (Å²) in [6.07, 6.45) is -0.894. The van der Waals surface area contributed by atoms with Crippen LogP contribution in [-0.2, 0) is 14.3 Å². The normalized spacial score (nSPS) is 16.1. The Hall–Kier alpha value is -3.30. The summed E-state index contributed by atoms with van der Waals surface area (Å²) in [6.45, 7) is 7.24. The van der Waals surface area contributed by atoms with Crippen molar-refractivity contribution in [3.05, 3.63) is 63.8 Å². The number of hydrogen-bond acceptors (Lipinski definition) is 6. The number of amides is 1. The topological polar surface area (TPSA) is 97.9 Å². The van der Waals surface area contributed by atoms with Crippen molar-refractivity contribution in [2.75, 3.05) is 19.0 Å². The van der Waals surface area contributed by atoms with Crippen molar-refractivity contribution in [2.24, 2.45) is 0 Å². The van der Waals surface area contributed by atoms with Gasteiger partial charge in [0.2, 0.25) is 0 Å². The van der Waals surface area contributed by atoms with Crippen molar-refractivity contribution in [1.82, 2.24) is 10.6 Å². The monoisotopic (exact) mass is 517 g/mol. The lowest BCUT2D eigenvalue weighted by Crippen LogP contribution is -2.45. The molecule has 0 saturated carbocycles. The van der Waals surface area contributed by atoms with Gasteiger partial charge in [0.05, 0.1) is 30.4 Å². The summed E-state index contributed by atoms with van der Waals surface area (Å²) in [6, 6.07) is 10.3. The number of ether oxygens (including phenoxy) is 3. The smallest absolute Gasteiger partial charge is 0.347 e. The number of rotatable bonds is 8. The van der Waals surface area contributed by atoms with Crippen LogP contribution in [0.15, 0.2) is 47.7 Å². The second kappa shape index (κ2) is 11.4. The number of allylic oxidation sites excluding steroid dienone is 1. The molecule has 1 heterocycles. The van der Waals surface area contributed by atoms with E-state index >= 15 is 0 Å². The summed E-state index contributed by atoms with van der Waals surface area (Å²) in [7, 11) is 1.46. The first-order valence-electron chi connectivity index (χ1n) is 11.0. The number of methoxy groups -OCH3 is 1. The van der Waals surface area contributed by atoms with E-state index < -0.39 is 18.1 Å². The Bertz CT molecular complexity index is 1180. The van der Waals surface area contributed by atoms with Gasteiger partial charge in [0.25, 0.3) is 5.91 Å². The third-order valence-electron chi connectivity index (χ3n) is 5.29. The molecule has 0 saturated heterocycles. The Balaban J connectivity index is 1.97. The second-order valence-corrected chi connectivity index (χ2v) is 8.76. The zero-order valence-corrected chi connectivity index (χ0v) is 21.7. The van der Waals surface area contributed by atoms with Crippen molar-refractivity contribution >= 4 is 46.5 Å². The summed E-state index contributed by atoms with van der Waals surface area (Å²) in [4.78, 5) is 25.4. The van der Waals surface area contributed by atoms with Crippen molar-refractivity contribution in [3.63, 3.8) is 0 Å². The molecule has 2 aromatic carbocycles. The number of carbonyl (C=O) groups is 2. The van der Waals surface area contributed by atoms with Crippen LogP contribution in [0.1, 0.15) is 37.9 Å².